The summed E-state index contributed by atoms with van der Waals surface area (Å²) in [4.78, 5) is 94.9. The number of methoxy groups -OCH3 is 1. The summed E-state index contributed by atoms with van der Waals surface area (Å²) in [5.41, 5.74) is 6.64. The number of hydrogen-bond donors (Lipinski definition) is 5. The van der Waals surface area contributed by atoms with Crippen molar-refractivity contribution >= 4 is 130 Å². The van der Waals surface area contributed by atoms with Crippen molar-refractivity contribution in [1.82, 2.24) is 19.9 Å². The molecule has 9 rings (SSSR count). The second-order valence-electron chi connectivity index (χ2n) is 18.7. The van der Waals surface area contributed by atoms with E-state index >= 15 is 0 Å². The number of thiophene rings is 1. The summed E-state index contributed by atoms with van der Waals surface area (Å²) < 4.78 is 14.9. The number of hydrogen-bond acceptors (Lipinski definition) is 13. The molecule has 0 bridgehead atoms. The summed E-state index contributed by atoms with van der Waals surface area (Å²) in [7, 11) is 1.25. The van der Waals surface area contributed by atoms with Crippen LogP contribution in [0.25, 0.3) is 54.9 Å². The summed E-state index contributed by atoms with van der Waals surface area (Å²) in [5, 5.41) is 19.2. The molecule has 4 aromatic carbocycles. The number of carbonyl (C=O) groups excluding carboxylic acids is 3. The van der Waals surface area contributed by atoms with Gasteiger partial charge in [-0.25, -0.2) is 19.4 Å². The molecule has 5 heterocycles. The minimum Gasteiger partial charge on any atom is -0.477 e. The van der Waals surface area contributed by atoms with Crippen molar-refractivity contribution < 1.29 is 38.5 Å². The van der Waals surface area contributed by atoms with Gasteiger partial charge in [0.1, 0.15) is 22.8 Å². The molecule has 412 valence electrons. The normalized spacial score (nSPS) is 10.9. The van der Waals surface area contributed by atoms with Crippen LogP contribution >= 0.6 is 57.7 Å². The highest BCUT2D eigenvalue weighted by molar-refractivity contribution is 7.14. The first-order valence-corrected chi connectivity index (χ1v) is 26.8. The molecule has 0 radical (unpaired) electrons. The number of aryl methyl sites for hydroxylation is 4. The highest BCUT2D eigenvalue weighted by atomic mass is 35.5. The molecule has 0 saturated carbocycles. The first-order chi connectivity index (χ1) is 37.3. The average Bonchev–Trinajstić information content (AvgIpc) is 3.92. The molecule has 5 N–H and O–H groups in total. The number of carboxylic acid groups (broad SMARTS) is 1. The first kappa shape index (κ1) is 60.7. The van der Waals surface area contributed by atoms with Crippen molar-refractivity contribution in [3.05, 3.63) is 174 Å². The van der Waals surface area contributed by atoms with Gasteiger partial charge in [-0.15, -0.1) is 11.3 Å². The van der Waals surface area contributed by atoms with Crippen LogP contribution in [0.15, 0.2) is 98.6 Å². The maximum Gasteiger partial charge on any atom is 0.513 e. The molecule has 5 aromatic heterocycles. The number of rotatable bonds is 10. The number of nitrogens with zero attached hydrogens (tertiary/aromatic N) is 1. The van der Waals surface area contributed by atoms with E-state index in [-0.39, 0.29) is 57.4 Å². The van der Waals surface area contributed by atoms with Crippen molar-refractivity contribution in [2.24, 2.45) is 5.92 Å². The Morgan fingerprint density at radius 1 is 0.658 bits per heavy atom. The number of fused-ring (bicyclic) bond motifs is 4. The van der Waals surface area contributed by atoms with E-state index in [9.17, 15) is 33.6 Å². The summed E-state index contributed by atoms with van der Waals surface area (Å²) in [5.74, 6) is -1.53. The van der Waals surface area contributed by atoms with E-state index in [1.807, 2.05) is 58.2 Å². The zero-order chi connectivity index (χ0) is 58.2. The van der Waals surface area contributed by atoms with Crippen LogP contribution in [0, 0.1) is 33.6 Å². The number of Topliss-reactive ketones (excluding diaryl/α,β-unsaturated/α-hetero) is 1. The Morgan fingerprint density at radius 2 is 1.14 bits per heavy atom. The first-order valence-electron chi connectivity index (χ1n) is 24.4. The fourth-order valence-corrected chi connectivity index (χ4v) is 9.37. The van der Waals surface area contributed by atoms with E-state index in [0.717, 1.165) is 44.6 Å². The van der Waals surface area contributed by atoms with E-state index in [1.54, 1.807) is 67.6 Å². The predicted octanol–water partition coefficient (Wildman–Crippen LogP) is 14.5. The van der Waals surface area contributed by atoms with Crippen molar-refractivity contribution in [2.45, 2.75) is 74.8 Å². The van der Waals surface area contributed by atoms with Gasteiger partial charge in [-0.05, 0) is 100 Å². The number of esters is 1. The van der Waals surface area contributed by atoms with E-state index in [0.29, 0.717) is 76.2 Å². The maximum absolute atomic E-state index is 12.3. The summed E-state index contributed by atoms with van der Waals surface area (Å²) >= 11 is 26.4. The third-order valence-electron chi connectivity index (χ3n) is 11.8. The number of ether oxygens (including phenoxy) is 3. The molecule has 0 aliphatic heterocycles. The van der Waals surface area contributed by atoms with Crippen molar-refractivity contribution in [2.75, 3.05) is 19.0 Å². The number of benzene rings is 4. The van der Waals surface area contributed by atoms with Gasteiger partial charge in [-0.3, -0.25) is 19.2 Å². The van der Waals surface area contributed by atoms with Gasteiger partial charge in [-0.2, -0.15) is 0 Å². The Morgan fingerprint density at radius 3 is 1.63 bits per heavy atom. The largest absolute Gasteiger partial charge is 0.513 e. The fourth-order valence-electron chi connectivity index (χ4n) is 7.58. The lowest BCUT2D eigenvalue weighted by atomic mass is 10.1. The van der Waals surface area contributed by atoms with Gasteiger partial charge in [0.2, 0.25) is 0 Å². The lowest BCUT2D eigenvalue weighted by molar-refractivity contribution is 0.0593. The molecule has 0 saturated heterocycles. The van der Waals surface area contributed by atoms with Gasteiger partial charge in [0.15, 0.2) is 22.1 Å². The number of anilines is 1. The van der Waals surface area contributed by atoms with E-state index in [1.165, 1.54) is 19.2 Å². The fraction of sp³-hybridized carbons (Fsp3) is 0.241. The van der Waals surface area contributed by atoms with Crippen LogP contribution in [0.2, 0.25) is 20.1 Å². The molecule has 16 nitrogen and oxygen atoms in total. The van der Waals surface area contributed by atoms with Crippen LogP contribution < -0.4 is 26.3 Å². The smallest absolute Gasteiger partial charge is 0.477 e. The van der Waals surface area contributed by atoms with Crippen LogP contribution in [0.5, 0.6) is 5.75 Å². The molecule has 0 aliphatic rings. The molecule has 9 aromatic rings. The minimum absolute atomic E-state index is 0.0183. The molecule has 0 spiro atoms. The van der Waals surface area contributed by atoms with Crippen LogP contribution in [0.4, 0.5) is 9.80 Å². The third-order valence-corrected chi connectivity index (χ3v) is 14.6. The zero-order valence-electron chi connectivity index (χ0n) is 44.5. The van der Waals surface area contributed by atoms with Gasteiger partial charge < -0.3 is 39.6 Å². The quantitative estimate of drug-likeness (QED) is 0.0633. The van der Waals surface area contributed by atoms with E-state index in [2.05, 4.69) is 43.8 Å². The highest BCUT2D eigenvalue weighted by Crippen LogP contribution is 2.34. The number of carboxylic acids is 1. The number of carbonyl (C=O) groups is 4. The summed E-state index contributed by atoms with van der Waals surface area (Å²) in [6.07, 6.45) is -0.526. The SMILES string of the molecule is CCC(=O)c1cc(OC(=O)OCC(C)C)c2ccc(C)c(Cl)c2n1.COC(=O)c1cc(=O)c2ccc(C)c(Cl)c2[nH]1.Cc1ccc2c(=O)cc(-c3csc(NC(C)C)c3)[nH]c2c1Cl.Cc1ccc2c(=O)cc(C(=O)O)[nH]c2c1Cl. The van der Waals surface area contributed by atoms with Crippen LogP contribution in [-0.2, 0) is 9.47 Å². The van der Waals surface area contributed by atoms with Gasteiger partial charge in [0.05, 0.1) is 66.6 Å². The van der Waals surface area contributed by atoms with Crippen LogP contribution in [0.1, 0.15) is 94.8 Å². The molecule has 79 heavy (non-hydrogen) atoms. The Hall–Kier alpha value is -7.54. The van der Waals surface area contributed by atoms with Gasteiger partial charge in [-0.1, -0.05) is 91.4 Å². The lowest BCUT2D eigenvalue weighted by Gasteiger charge is -2.12. The Labute approximate surface area is 477 Å². The topological polar surface area (TPSA) is 240 Å². The average molecular weight is 1170 g/mol. The summed E-state index contributed by atoms with van der Waals surface area (Å²) in [6, 6.07) is 21.8. The van der Waals surface area contributed by atoms with Crippen molar-refractivity contribution in [1.29, 1.82) is 0 Å². The van der Waals surface area contributed by atoms with Crippen LogP contribution in [-0.4, -0.2) is 68.7 Å². The standard InChI is InChI=1S/C18H20ClNO4.C17H17ClN2OS.C12H10ClNO3.C11H8ClNO3/c1-5-14(21)13-8-15(24-18(22)23-9-10(2)3)12-7-6-11(4)16(19)17(12)20-13;1-9(2)19-15-6-11(8-22-15)13-7-14(21)12-5-4-10(3)16(18)17(12)20-13;1-6-3-4-7-9(15)5-8(12(16)17-2)14-11(7)10(6)13;1-5-2-3-6-8(14)4-7(11(15)16)13-10(6)9(5)12/h6-8,10H,5,9H2,1-4H3;4-9,19H,1-3H3,(H,20,21);3-5H,1-2H3,(H,14,15);2-4H,1H3,(H,13,14)(H,15,16). The van der Waals surface area contributed by atoms with Crippen molar-refractivity contribution in [3.8, 4) is 17.0 Å². The second kappa shape index (κ2) is 26.4. The number of halogens is 4. The zero-order valence-corrected chi connectivity index (χ0v) is 48.4. The number of aromatic nitrogens is 4. The Kier molecular flexibility index (Phi) is 20.3. The van der Waals surface area contributed by atoms with E-state index < -0.39 is 18.1 Å². The molecular formula is C58H55Cl4N5O11S. The van der Waals surface area contributed by atoms with Gasteiger partial charge in [0.25, 0.3) is 0 Å². The predicted molar refractivity (Wildman–Crippen MR) is 316 cm³/mol. The molecule has 0 unspecified atom stereocenters. The number of aromatic amines is 3. The number of nitrogens with one attached hydrogen (secondary N) is 4. The minimum atomic E-state index is -1.18. The number of H-pyrrole nitrogens is 3. The van der Waals surface area contributed by atoms with Gasteiger partial charge in [0, 0.05) is 69.2 Å². The number of aromatic carboxylic acids is 1. The van der Waals surface area contributed by atoms with Gasteiger partial charge >= 0.3 is 18.1 Å². The molecule has 0 amide bonds. The highest BCUT2D eigenvalue weighted by Gasteiger charge is 2.19. The Bertz CT molecular complexity index is 4020. The lowest BCUT2D eigenvalue weighted by Crippen LogP contribution is -2.15. The molecule has 0 aliphatic carbocycles. The molecule has 0 fully saturated rings. The second-order valence-corrected chi connectivity index (χ2v) is 21.1. The molecular weight excluding hydrogens is 1120 g/mol. The number of ketones is 1. The van der Waals surface area contributed by atoms with Crippen LogP contribution in [0.3, 0.4) is 0 Å². The Balaban J connectivity index is 0.000000172. The van der Waals surface area contributed by atoms with E-state index in [4.69, 9.17) is 61.0 Å². The summed E-state index contributed by atoms with van der Waals surface area (Å²) in [6.45, 7) is 17.4. The molecule has 21 heteroatoms. The number of pyridine rings is 4. The third kappa shape index (κ3) is 14.6. The monoisotopic (exact) mass is 1170 g/mol. The maximum atomic E-state index is 12.3. The molecule has 0 atom stereocenters. The van der Waals surface area contributed by atoms with Crippen molar-refractivity contribution in [3.63, 3.8) is 0 Å².